The summed E-state index contributed by atoms with van der Waals surface area (Å²) in [7, 11) is 1.74. The average molecular weight is 269 g/mol. The van der Waals surface area contributed by atoms with Gasteiger partial charge in [-0.2, -0.15) is 5.10 Å². The Morgan fingerprint density at radius 1 is 1.53 bits per heavy atom. The molecule has 1 aromatic rings. The van der Waals surface area contributed by atoms with Crippen molar-refractivity contribution in [1.29, 1.82) is 0 Å². The summed E-state index contributed by atoms with van der Waals surface area (Å²) in [6.07, 6.45) is 2.67. The van der Waals surface area contributed by atoms with Crippen molar-refractivity contribution in [3.05, 3.63) is 18.0 Å². The summed E-state index contributed by atoms with van der Waals surface area (Å²) in [6.45, 7) is 5.14. The Hall–Kier alpha value is -2.05. The zero-order chi connectivity index (χ0) is 14.6. The Balaban J connectivity index is 2.63. The molecule has 0 aliphatic heterocycles. The van der Waals surface area contributed by atoms with Crippen LogP contribution in [-0.4, -0.2) is 38.6 Å². The average Bonchev–Trinajstić information content (AvgIpc) is 2.60. The Bertz CT molecular complexity index is 462. The van der Waals surface area contributed by atoms with Gasteiger partial charge in [-0.05, 0) is 26.3 Å². The molecule has 0 spiro atoms. The van der Waals surface area contributed by atoms with E-state index in [1.165, 1.54) is 0 Å². The molecule has 106 valence electrons. The number of rotatable bonds is 4. The van der Waals surface area contributed by atoms with Crippen LogP contribution in [-0.2, 0) is 23.0 Å². The summed E-state index contributed by atoms with van der Waals surface area (Å²) < 4.78 is 6.60. The number of aliphatic carboxylic acids is 1. The Morgan fingerprint density at radius 2 is 2.16 bits per heavy atom. The summed E-state index contributed by atoms with van der Waals surface area (Å²) in [4.78, 5) is 22.7. The standard InChI is InChI=1S/C12H19N3O4/c1-12(2,3)19-11(18)14-9(10(16)17)5-8-6-13-15(4)7-8/h6-7,9H,5H2,1-4H3,(H,14,18)(H,16,17)/t9-/m0/s1. The highest BCUT2D eigenvalue weighted by Crippen LogP contribution is 2.08. The number of carboxylic acids is 1. The molecule has 0 saturated heterocycles. The van der Waals surface area contributed by atoms with Gasteiger partial charge in [-0.1, -0.05) is 0 Å². The molecule has 0 radical (unpaired) electrons. The zero-order valence-electron chi connectivity index (χ0n) is 11.5. The summed E-state index contributed by atoms with van der Waals surface area (Å²) >= 11 is 0. The topological polar surface area (TPSA) is 93.5 Å². The third-order valence-corrected chi connectivity index (χ3v) is 2.19. The van der Waals surface area contributed by atoms with Gasteiger partial charge in [0.1, 0.15) is 11.6 Å². The largest absolute Gasteiger partial charge is 0.480 e. The lowest BCUT2D eigenvalue weighted by Crippen LogP contribution is -2.44. The van der Waals surface area contributed by atoms with Gasteiger partial charge in [-0.15, -0.1) is 0 Å². The molecule has 0 aliphatic rings. The Morgan fingerprint density at radius 3 is 2.58 bits per heavy atom. The van der Waals surface area contributed by atoms with Crippen molar-refractivity contribution in [2.24, 2.45) is 7.05 Å². The van der Waals surface area contributed by atoms with Gasteiger partial charge in [0.15, 0.2) is 0 Å². The minimum atomic E-state index is -1.12. The molecule has 0 unspecified atom stereocenters. The van der Waals surface area contributed by atoms with Gasteiger partial charge in [-0.25, -0.2) is 9.59 Å². The fourth-order valence-corrected chi connectivity index (χ4v) is 1.46. The second kappa shape index (κ2) is 5.73. The van der Waals surface area contributed by atoms with Crippen molar-refractivity contribution < 1.29 is 19.4 Å². The van der Waals surface area contributed by atoms with Crippen molar-refractivity contribution in [3.8, 4) is 0 Å². The van der Waals surface area contributed by atoms with Gasteiger partial charge in [0.05, 0.1) is 6.20 Å². The number of nitrogens with zero attached hydrogens (tertiary/aromatic N) is 2. The molecule has 0 saturated carbocycles. The highest BCUT2D eigenvalue weighted by molar-refractivity contribution is 5.80. The number of hydrogen-bond acceptors (Lipinski definition) is 4. The van der Waals surface area contributed by atoms with Crippen LogP contribution in [0.4, 0.5) is 4.79 Å². The highest BCUT2D eigenvalue weighted by atomic mass is 16.6. The van der Waals surface area contributed by atoms with Gasteiger partial charge in [0, 0.05) is 19.7 Å². The number of carboxylic acid groups (broad SMARTS) is 1. The first kappa shape index (κ1) is 15.0. The second-order valence-corrected chi connectivity index (χ2v) is 5.26. The predicted molar refractivity (Wildman–Crippen MR) is 67.7 cm³/mol. The molecular formula is C12H19N3O4. The maximum atomic E-state index is 11.6. The van der Waals surface area contributed by atoms with E-state index in [9.17, 15) is 9.59 Å². The van der Waals surface area contributed by atoms with Crippen molar-refractivity contribution in [2.75, 3.05) is 0 Å². The molecule has 1 amide bonds. The number of aromatic nitrogens is 2. The Kier molecular flexibility index (Phi) is 4.52. The van der Waals surface area contributed by atoms with Crippen molar-refractivity contribution in [3.63, 3.8) is 0 Å². The summed E-state index contributed by atoms with van der Waals surface area (Å²) in [5, 5.41) is 15.4. The highest BCUT2D eigenvalue weighted by Gasteiger charge is 2.24. The molecular weight excluding hydrogens is 250 g/mol. The summed E-state index contributed by atoms with van der Waals surface area (Å²) in [5.74, 6) is -1.12. The van der Waals surface area contributed by atoms with Crippen LogP contribution in [0.25, 0.3) is 0 Å². The molecule has 2 N–H and O–H groups in total. The SMILES string of the molecule is Cn1cc(C[C@H](NC(=O)OC(C)(C)C)C(=O)O)cn1. The summed E-state index contributed by atoms with van der Waals surface area (Å²) in [6, 6.07) is -1.04. The molecule has 1 atom stereocenters. The fourth-order valence-electron chi connectivity index (χ4n) is 1.46. The molecule has 0 aromatic carbocycles. The van der Waals surface area contributed by atoms with Gasteiger partial charge in [-0.3, -0.25) is 4.68 Å². The minimum Gasteiger partial charge on any atom is -0.480 e. The second-order valence-electron chi connectivity index (χ2n) is 5.26. The van der Waals surface area contributed by atoms with Crippen molar-refractivity contribution in [2.45, 2.75) is 38.8 Å². The number of carbonyl (C=O) groups excluding carboxylic acids is 1. The monoisotopic (exact) mass is 269 g/mol. The smallest absolute Gasteiger partial charge is 0.408 e. The quantitative estimate of drug-likeness (QED) is 0.848. The maximum absolute atomic E-state index is 11.6. The zero-order valence-corrected chi connectivity index (χ0v) is 11.5. The van der Waals surface area contributed by atoms with Crippen LogP contribution >= 0.6 is 0 Å². The van der Waals surface area contributed by atoms with Crippen LogP contribution in [0.3, 0.4) is 0 Å². The van der Waals surface area contributed by atoms with Gasteiger partial charge in [0.25, 0.3) is 0 Å². The number of hydrogen-bond donors (Lipinski definition) is 2. The Labute approximate surface area is 111 Å². The van der Waals surface area contributed by atoms with E-state index >= 15 is 0 Å². The van der Waals surface area contributed by atoms with E-state index in [4.69, 9.17) is 9.84 Å². The van der Waals surface area contributed by atoms with Gasteiger partial charge in [0.2, 0.25) is 0 Å². The first-order chi connectivity index (χ1) is 8.67. The summed E-state index contributed by atoms with van der Waals surface area (Å²) in [5.41, 5.74) is 0.0625. The molecule has 0 aliphatic carbocycles. The number of nitrogens with one attached hydrogen (secondary N) is 1. The van der Waals surface area contributed by atoms with E-state index in [2.05, 4.69) is 10.4 Å². The van der Waals surface area contributed by atoms with Crippen molar-refractivity contribution >= 4 is 12.1 Å². The molecule has 0 fully saturated rings. The van der Waals surface area contributed by atoms with Crippen LogP contribution in [0.1, 0.15) is 26.3 Å². The van der Waals surface area contributed by atoms with E-state index in [0.29, 0.717) is 0 Å². The van der Waals surface area contributed by atoms with Crippen LogP contribution in [0, 0.1) is 0 Å². The number of ether oxygens (including phenoxy) is 1. The van der Waals surface area contributed by atoms with Gasteiger partial charge < -0.3 is 15.2 Å². The van der Waals surface area contributed by atoms with E-state index < -0.39 is 23.7 Å². The molecule has 1 aromatic heterocycles. The van der Waals surface area contributed by atoms with E-state index in [-0.39, 0.29) is 6.42 Å². The molecule has 1 rings (SSSR count). The van der Waals surface area contributed by atoms with E-state index in [1.807, 2.05) is 0 Å². The third-order valence-electron chi connectivity index (χ3n) is 2.19. The van der Waals surface area contributed by atoms with Crippen LogP contribution in [0.15, 0.2) is 12.4 Å². The van der Waals surface area contributed by atoms with Crippen LogP contribution in [0.2, 0.25) is 0 Å². The van der Waals surface area contributed by atoms with Gasteiger partial charge >= 0.3 is 12.1 Å². The maximum Gasteiger partial charge on any atom is 0.408 e. The first-order valence-electron chi connectivity index (χ1n) is 5.87. The minimum absolute atomic E-state index is 0.155. The molecule has 19 heavy (non-hydrogen) atoms. The lowest BCUT2D eigenvalue weighted by Gasteiger charge is -2.21. The molecule has 0 bridgehead atoms. The normalized spacial score (nSPS) is 12.8. The number of alkyl carbamates (subject to hydrolysis) is 1. The molecule has 7 nitrogen and oxygen atoms in total. The molecule has 1 heterocycles. The number of carbonyl (C=O) groups is 2. The molecule has 7 heteroatoms. The lowest BCUT2D eigenvalue weighted by atomic mass is 10.1. The number of amides is 1. The lowest BCUT2D eigenvalue weighted by molar-refractivity contribution is -0.139. The fraction of sp³-hybridized carbons (Fsp3) is 0.583. The van der Waals surface area contributed by atoms with Crippen LogP contribution in [0.5, 0.6) is 0 Å². The first-order valence-corrected chi connectivity index (χ1v) is 5.87. The number of aryl methyl sites for hydroxylation is 1. The van der Waals surface area contributed by atoms with E-state index in [1.54, 1.807) is 44.9 Å². The van der Waals surface area contributed by atoms with E-state index in [0.717, 1.165) is 5.56 Å². The van der Waals surface area contributed by atoms with Crippen LogP contribution < -0.4 is 5.32 Å². The third kappa shape index (κ3) is 5.41. The van der Waals surface area contributed by atoms with Crippen molar-refractivity contribution in [1.82, 2.24) is 15.1 Å². The predicted octanol–water partition coefficient (Wildman–Crippen LogP) is 0.940.